The molecule has 84 valence electrons. The predicted octanol–water partition coefficient (Wildman–Crippen LogP) is 1.10. The molecule has 0 aliphatic heterocycles. The average Bonchev–Trinajstić information content (AvgIpc) is 2.83. The lowest BCUT2D eigenvalue weighted by molar-refractivity contribution is -0.117. The number of primary amides is 1. The monoisotopic (exact) mass is 225 g/mol. The van der Waals surface area contributed by atoms with E-state index in [-0.39, 0.29) is 6.42 Å². The van der Waals surface area contributed by atoms with E-state index in [1.807, 2.05) is 36.5 Å². The van der Waals surface area contributed by atoms with Gasteiger partial charge in [0.1, 0.15) is 0 Å². The molecule has 1 heterocycles. The van der Waals surface area contributed by atoms with Gasteiger partial charge in [-0.2, -0.15) is 5.10 Å². The maximum Gasteiger partial charge on any atom is 0.229 e. The molecule has 2 rings (SSSR count). The minimum absolute atomic E-state index is 0.0842. The largest absolute Gasteiger partial charge is 0.369 e. The number of aromatic nitrogens is 2. The molecule has 2 aromatic rings. The van der Waals surface area contributed by atoms with Gasteiger partial charge >= 0.3 is 0 Å². The molecule has 0 aliphatic carbocycles. The molecule has 0 radical (unpaired) electrons. The van der Waals surface area contributed by atoms with Crippen LogP contribution in [-0.2, 0) is 4.79 Å². The van der Waals surface area contributed by atoms with Crippen molar-refractivity contribution in [2.75, 3.05) is 0 Å². The molecule has 2 N–H and O–H groups in total. The first kappa shape index (κ1) is 11.0. The number of benzene rings is 1. The third-order valence-corrected chi connectivity index (χ3v) is 2.13. The van der Waals surface area contributed by atoms with E-state index in [0.717, 1.165) is 11.3 Å². The number of hydrogen-bond donors (Lipinski definition) is 1. The summed E-state index contributed by atoms with van der Waals surface area (Å²) in [5, 5.41) is 4.12. The van der Waals surface area contributed by atoms with Crippen molar-refractivity contribution < 1.29 is 4.79 Å². The summed E-state index contributed by atoms with van der Waals surface area (Å²) in [6.07, 6.45) is 3.68. The molecule has 0 unspecified atom stereocenters. The highest BCUT2D eigenvalue weighted by molar-refractivity contribution is 5.76. The van der Waals surface area contributed by atoms with Crippen LogP contribution in [-0.4, -0.2) is 15.7 Å². The number of hydrogen-bond acceptors (Lipinski definition) is 2. The molecular weight excluding hydrogens is 214 g/mol. The summed E-state index contributed by atoms with van der Waals surface area (Å²) in [4.78, 5) is 10.5. The van der Waals surface area contributed by atoms with Gasteiger partial charge in [-0.25, -0.2) is 4.68 Å². The summed E-state index contributed by atoms with van der Waals surface area (Å²) < 4.78 is 1.76. The summed E-state index contributed by atoms with van der Waals surface area (Å²) in [5.41, 5.74) is 6.81. The zero-order valence-corrected chi connectivity index (χ0v) is 9.13. The van der Waals surface area contributed by atoms with Crippen molar-refractivity contribution >= 4 is 5.91 Å². The van der Waals surface area contributed by atoms with Crippen LogP contribution < -0.4 is 5.73 Å². The second-order valence-corrected chi connectivity index (χ2v) is 3.44. The third-order valence-electron chi connectivity index (χ3n) is 2.13. The SMILES string of the molecule is NC(=O)CC#Cc1ccc(-n2cccn2)cc1. The quantitative estimate of drug-likeness (QED) is 0.778. The molecule has 17 heavy (non-hydrogen) atoms. The minimum Gasteiger partial charge on any atom is -0.369 e. The zero-order chi connectivity index (χ0) is 12.1. The van der Waals surface area contributed by atoms with Gasteiger partial charge in [0.15, 0.2) is 0 Å². The van der Waals surface area contributed by atoms with E-state index in [4.69, 9.17) is 5.73 Å². The first-order valence-electron chi connectivity index (χ1n) is 5.13. The lowest BCUT2D eigenvalue weighted by Crippen LogP contribution is -2.08. The summed E-state index contributed by atoms with van der Waals surface area (Å²) >= 11 is 0. The number of amides is 1. The Morgan fingerprint density at radius 3 is 2.71 bits per heavy atom. The number of nitrogens with zero attached hydrogens (tertiary/aromatic N) is 2. The Hall–Kier alpha value is -2.54. The van der Waals surface area contributed by atoms with Crippen LogP contribution >= 0.6 is 0 Å². The molecular formula is C13H11N3O. The van der Waals surface area contributed by atoms with E-state index >= 15 is 0 Å². The lowest BCUT2D eigenvalue weighted by atomic mass is 10.2. The van der Waals surface area contributed by atoms with E-state index in [1.54, 1.807) is 10.9 Å². The normalized spacial score (nSPS) is 9.41. The summed E-state index contributed by atoms with van der Waals surface area (Å²) in [6.45, 7) is 0. The molecule has 0 aliphatic rings. The second kappa shape index (κ2) is 4.99. The second-order valence-electron chi connectivity index (χ2n) is 3.44. The van der Waals surface area contributed by atoms with E-state index < -0.39 is 5.91 Å². The number of nitrogens with two attached hydrogens (primary N) is 1. The van der Waals surface area contributed by atoms with Crippen molar-refractivity contribution in [1.29, 1.82) is 0 Å². The summed E-state index contributed by atoms with van der Waals surface area (Å²) in [5.74, 6) is 5.16. The topological polar surface area (TPSA) is 60.9 Å². The Labute approximate surface area is 99.1 Å². The zero-order valence-electron chi connectivity index (χ0n) is 9.13. The Bertz CT molecular complexity index is 559. The maximum absolute atomic E-state index is 10.5. The Morgan fingerprint density at radius 1 is 1.35 bits per heavy atom. The van der Waals surface area contributed by atoms with Crippen molar-refractivity contribution in [3.63, 3.8) is 0 Å². The van der Waals surface area contributed by atoms with Gasteiger partial charge in [0.05, 0.1) is 12.1 Å². The summed E-state index contributed by atoms with van der Waals surface area (Å²) in [6, 6.07) is 9.46. The Balaban J connectivity index is 2.13. The standard InChI is InChI=1S/C13H11N3O/c14-13(17)4-1-3-11-5-7-12(8-6-11)16-10-2-9-15-16/h2,5-10H,4H2,(H2,14,17). The number of rotatable bonds is 2. The molecule has 1 amide bonds. The number of carbonyl (C=O) groups excluding carboxylic acids is 1. The molecule has 1 aromatic carbocycles. The van der Waals surface area contributed by atoms with Crippen LogP contribution in [0.25, 0.3) is 5.69 Å². The molecule has 4 nitrogen and oxygen atoms in total. The molecule has 0 bridgehead atoms. The van der Waals surface area contributed by atoms with E-state index in [9.17, 15) is 4.79 Å². The smallest absolute Gasteiger partial charge is 0.229 e. The van der Waals surface area contributed by atoms with Crippen LogP contribution in [0.5, 0.6) is 0 Å². The molecule has 0 saturated carbocycles. The van der Waals surface area contributed by atoms with Crippen LogP contribution in [0.1, 0.15) is 12.0 Å². The van der Waals surface area contributed by atoms with Crippen molar-refractivity contribution in [2.45, 2.75) is 6.42 Å². The average molecular weight is 225 g/mol. The first-order chi connectivity index (χ1) is 8.25. The maximum atomic E-state index is 10.5. The van der Waals surface area contributed by atoms with E-state index in [2.05, 4.69) is 16.9 Å². The van der Waals surface area contributed by atoms with Crippen LogP contribution in [0, 0.1) is 11.8 Å². The Morgan fingerprint density at radius 2 is 2.12 bits per heavy atom. The fourth-order valence-corrected chi connectivity index (χ4v) is 1.35. The molecule has 4 heteroatoms. The van der Waals surface area contributed by atoms with Crippen LogP contribution in [0.15, 0.2) is 42.7 Å². The van der Waals surface area contributed by atoms with Crippen molar-refractivity contribution in [2.24, 2.45) is 5.73 Å². The third kappa shape index (κ3) is 2.95. The predicted molar refractivity (Wildman–Crippen MR) is 64.3 cm³/mol. The van der Waals surface area contributed by atoms with Gasteiger partial charge in [-0.3, -0.25) is 4.79 Å². The van der Waals surface area contributed by atoms with Gasteiger partial charge in [0.2, 0.25) is 5.91 Å². The van der Waals surface area contributed by atoms with Gasteiger partial charge in [0, 0.05) is 18.0 Å². The van der Waals surface area contributed by atoms with Crippen LogP contribution in [0.4, 0.5) is 0 Å². The van der Waals surface area contributed by atoms with Crippen molar-refractivity contribution in [3.05, 3.63) is 48.3 Å². The molecule has 0 atom stereocenters. The minimum atomic E-state index is -0.411. The van der Waals surface area contributed by atoms with Crippen LogP contribution in [0.2, 0.25) is 0 Å². The van der Waals surface area contributed by atoms with Gasteiger partial charge in [-0.1, -0.05) is 11.8 Å². The highest BCUT2D eigenvalue weighted by atomic mass is 16.1. The molecule has 1 aromatic heterocycles. The van der Waals surface area contributed by atoms with E-state index in [1.165, 1.54) is 0 Å². The Kier molecular flexibility index (Phi) is 3.22. The van der Waals surface area contributed by atoms with Crippen LogP contribution in [0.3, 0.4) is 0 Å². The fraction of sp³-hybridized carbons (Fsp3) is 0.0769. The van der Waals surface area contributed by atoms with Gasteiger partial charge in [0.25, 0.3) is 0 Å². The van der Waals surface area contributed by atoms with E-state index in [0.29, 0.717) is 0 Å². The fourth-order valence-electron chi connectivity index (χ4n) is 1.35. The van der Waals surface area contributed by atoms with Crippen molar-refractivity contribution in [1.82, 2.24) is 9.78 Å². The molecule has 0 spiro atoms. The summed E-state index contributed by atoms with van der Waals surface area (Å²) in [7, 11) is 0. The first-order valence-corrected chi connectivity index (χ1v) is 5.13. The number of carbonyl (C=O) groups is 1. The van der Waals surface area contributed by atoms with Gasteiger partial charge < -0.3 is 5.73 Å². The lowest BCUT2D eigenvalue weighted by Gasteiger charge is -2.00. The van der Waals surface area contributed by atoms with Gasteiger partial charge in [-0.15, -0.1) is 0 Å². The van der Waals surface area contributed by atoms with Gasteiger partial charge in [-0.05, 0) is 30.3 Å². The molecule has 0 saturated heterocycles. The highest BCUT2D eigenvalue weighted by Gasteiger charge is 1.95. The van der Waals surface area contributed by atoms with Crippen molar-refractivity contribution in [3.8, 4) is 17.5 Å². The molecule has 0 fully saturated rings. The highest BCUT2D eigenvalue weighted by Crippen LogP contribution is 2.07.